The number of hydrogen-bond acceptors (Lipinski definition) is 6. The summed E-state index contributed by atoms with van der Waals surface area (Å²) in [6.07, 6.45) is 3.67. The van der Waals surface area contributed by atoms with Gasteiger partial charge >= 0.3 is 0 Å². The third-order valence-corrected chi connectivity index (χ3v) is 6.41. The molecular weight excluding hydrogens is 363 g/mol. The number of nitrogens with zero attached hydrogens (tertiary/aromatic N) is 4. The zero-order valence-corrected chi connectivity index (χ0v) is 16.8. The van der Waals surface area contributed by atoms with E-state index in [1.54, 1.807) is 11.3 Å². The van der Waals surface area contributed by atoms with Gasteiger partial charge in [0, 0.05) is 38.6 Å². The molecule has 2 aliphatic rings. The molecule has 5 nitrogen and oxygen atoms in total. The second-order valence-corrected chi connectivity index (χ2v) is 8.75. The molecule has 2 atom stereocenters. The quantitative estimate of drug-likeness (QED) is 0.801. The lowest BCUT2D eigenvalue weighted by atomic mass is 10.0. The van der Waals surface area contributed by atoms with Crippen LogP contribution in [0.2, 0.25) is 0 Å². The largest absolute Gasteiger partial charge is 0.373 e. The Morgan fingerprint density at radius 2 is 1.74 bits per heavy atom. The zero-order chi connectivity index (χ0) is 18.8. The summed E-state index contributed by atoms with van der Waals surface area (Å²) in [6.45, 7) is 8.46. The van der Waals surface area contributed by atoms with Gasteiger partial charge in [-0.2, -0.15) is 0 Å². The highest BCUT2D eigenvalue weighted by molar-refractivity contribution is 7.15. The van der Waals surface area contributed by atoms with E-state index in [9.17, 15) is 4.39 Å². The second-order valence-electron chi connectivity index (χ2n) is 7.71. The molecule has 2 fully saturated rings. The SMILES string of the molecule is C[C@@H]1CN(C2CCN(c3nnc(Cc4ccc(F)cc4)s3)CC2)C[C@H](C)O1. The molecule has 0 amide bonds. The lowest BCUT2D eigenvalue weighted by Gasteiger charge is -2.43. The number of aromatic nitrogens is 2. The van der Waals surface area contributed by atoms with Gasteiger partial charge in [0.1, 0.15) is 10.8 Å². The Bertz CT molecular complexity index is 735. The van der Waals surface area contributed by atoms with E-state index in [1.807, 2.05) is 12.1 Å². The van der Waals surface area contributed by atoms with Crippen molar-refractivity contribution in [3.05, 3.63) is 40.7 Å². The van der Waals surface area contributed by atoms with Crippen molar-refractivity contribution in [2.45, 2.75) is 51.4 Å². The molecule has 0 radical (unpaired) electrons. The van der Waals surface area contributed by atoms with Crippen molar-refractivity contribution >= 4 is 16.5 Å². The minimum atomic E-state index is -0.205. The fourth-order valence-corrected chi connectivity index (χ4v) is 5.08. The highest BCUT2D eigenvalue weighted by atomic mass is 32.1. The fourth-order valence-electron chi connectivity index (χ4n) is 4.16. The Hall–Kier alpha value is -1.57. The van der Waals surface area contributed by atoms with E-state index in [-0.39, 0.29) is 5.82 Å². The molecule has 1 aromatic heterocycles. The molecule has 2 aliphatic heterocycles. The maximum atomic E-state index is 13.0. The van der Waals surface area contributed by atoms with E-state index in [0.29, 0.717) is 24.7 Å². The molecule has 2 saturated heterocycles. The summed E-state index contributed by atoms with van der Waals surface area (Å²) in [5, 5.41) is 10.7. The number of ether oxygens (including phenoxy) is 1. The van der Waals surface area contributed by atoms with Crippen molar-refractivity contribution in [1.29, 1.82) is 0 Å². The Morgan fingerprint density at radius 1 is 1.07 bits per heavy atom. The first-order valence-corrected chi connectivity index (χ1v) is 10.6. The standard InChI is InChI=1S/C20H27FN4OS/c1-14-12-25(13-15(2)26-14)18-7-9-24(10-8-18)20-23-22-19(27-20)11-16-3-5-17(21)6-4-16/h3-6,14-15,18H,7-13H2,1-2H3/t14-,15+. The molecule has 7 heteroatoms. The summed E-state index contributed by atoms with van der Waals surface area (Å²) in [7, 11) is 0. The van der Waals surface area contributed by atoms with Gasteiger partial charge in [0.25, 0.3) is 0 Å². The molecule has 0 unspecified atom stereocenters. The summed E-state index contributed by atoms with van der Waals surface area (Å²) in [5.74, 6) is -0.205. The highest BCUT2D eigenvalue weighted by Crippen LogP contribution is 2.28. The first-order chi connectivity index (χ1) is 13.1. The third-order valence-electron chi connectivity index (χ3n) is 5.42. The van der Waals surface area contributed by atoms with Gasteiger partial charge in [0.15, 0.2) is 0 Å². The van der Waals surface area contributed by atoms with Crippen molar-refractivity contribution < 1.29 is 9.13 Å². The normalized spacial score (nSPS) is 25.1. The average Bonchev–Trinajstić information content (AvgIpc) is 3.11. The first kappa shape index (κ1) is 18.8. The summed E-state index contributed by atoms with van der Waals surface area (Å²) < 4.78 is 18.9. The van der Waals surface area contributed by atoms with Gasteiger partial charge in [-0.25, -0.2) is 4.39 Å². The van der Waals surface area contributed by atoms with Crippen LogP contribution in [0.15, 0.2) is 24.3 Å². The van der Waals surface area contributed by atoms with Crippen molar-refractivity contribution in [2.24, 2.45) is 0 Å². The first-order valence-electron chi connectivity index (χ1n) is 9.78. The molecule has 0 spiro atoms. The van der Waals surface area contributed by atoms with Crippen molar-refractivity contribution in [3.8, 4) is 0 Å². The van der Waals surface area contributed by atoms with Crippen LogP contribution in [0.3, 0.4) is 0 Å². The molecule has 3 heterocycles. The summed E-state index contributed by atoms with van der Waals surface area (Å²) in [4.78, 5) is 4.96. The fraction of sp³-hybridized carbons (Fsp3) is 0.600. The predicted molar refractivity (Wildman–Crippen MR) is 106 cm³/mol. The maximum absolute atomic E-state index is 13.0. The van der Waals surface area contributed by atoms with Gasteiger partial charge in [-0.15, -0.1) is 10.2 Å². The van der Waals surface area contributed by atoms with Gasteiger partial charge in [-0.3, -0.25) is 4.90 Å². The number of hydrogen-bond donors (Lipinski definition) is 0. The van der Waals surface area contributed by atoms with Crippen LogP contribution in [0.5, 0.6) is 0 Å². The summed E-state index contributed by atoms with van der Waals surface area (Å²) >= 11 is 1.65. The lowest BCUT2D eigenvalue weighted by Crippen LogP contribution is -2.53. The molecule has 0 aliphatic carbocycles. The maximum Gasteiger partial charge on any atom is 0.208 e. The Balaban J connectivity index is 1.32. The van der Waals surface area contributed by atoms with Crippen LogP contribution < -0.4 is 4.90 Å². The van der Waals surface area contributed by atoms with E-state index < -0.39 is 0 Å². The molecule has 27 heavy (non-hydrogen) atoms. The average molecular weight is 391 g/mol. The second kappa shape index (κ2) is 8.20. The zero-order valence-electron chi connectivity index (χ0n) is 16.0. The minimum Gasteiger partial charge on any atom is -0.373 e. The van der Waals surface area contributed by atoms with E-state index >= 15 is 0 Å². The van der Waals surface area contributed by atoms with Crippen LogP contribution in [0, 0.1) is 5.82 Å². The number of piperidine rings is 1. The minimum absolute atomic E-state index is 0.205. The van der Waals surface area contributed by atoms with E-state index in [2.05, 4.69) is 33.8 Å². The van der Waals surface area contributed by atoms with E-state index in [4.69, 9.17) is 4.74 Å². The van der Waals surface area contributed by atoms with Crippen LogP contribution in [0.1, 0.15) is 37.3 Å². The van der Waals surface area contributed by atoms with Crippen LogP contribution >= 0.6 is 11.3 Å². The number of morpholine rings is 1. The summed E-state index contributed by atoms with van der Waals surface area (Å²) in [5.41, 5.74) is 1.06. The van der Waals surface area contributed by atoms with Crippen LogP contribution in [-0.4, -0.2) is 59.5 Å². The third kappa shape index (κ3) is 4.65. The number of halogens is 1. The molecule has 146 valence electrons. The van der Waals surface area contributed by atoms with Gasteiger partial charge in [-0.05, 0) is 44.4 Å². The van der Waals surface area contributed by atoms with E-state index in [0.717, 1.165) is 54.7 Å². The number of anilines is 1. The van der Waals surface area contributed by atoms with Crippen LogP contribution in [0.4, 0.5) is 9.52 Å². The van der Waals surface area contributed by atoms with Gasteiger partial charge in [-0.1, -0.05) is 23.5 Å². The Morgan fingerprint density at radius 3 is 2.41 bits per heavy atom. The molecule has 2 aromatic rings. The molecule has 0 bridgehead atoms. The van der Waals surface area contributed by atoms with Crippen molar-refractivity contribution in [1.82, 2.24) is 15.1 Å². The highest BCUT2D eigenvalue weighted by Gasteiger charge is 2.31. The van der Waals surface area contributed by atoms with E-state index in [1.165, 1.54) is 12.1 Å². The Labute approximate surface area is 164 Å². The van der Waals surface area contributed by atoms with Crippen LogP contribution in [-0.2, 0) is 11.2 Å². The lowest BCUT2D eigenvalue weighted by molar-refractivity contribution is -0.0826. The topological polar surface area (TPSA) is 41.5 Å². The number of benzene rings is 1. The monoisotopic (exact) mass is 390 g/mol. The molecular formula is C20H27FN4OS. The Kier molecular flexibility index (Phi) is 5.71. The molecule has 0 saturated carbocycles. The van der Waals surface area contributed by atoms with Gasteiger partial charge < -0.3 is 9.64 Å². The smallest absolute Gasteiger partial charge is 0.208 e. The molecule has 0 N–H and O–H groups in total. The van der Waals surface area contributed by atoms with Gasteiger partial charge in [0.2, 0.25) is 5.13 Å². The summed E-state index contributed by atoms with van der Waals surface area (Å²) in [6, 6.07) is 7.25. The molecule has 4 rings (SSSR count). The van der Waals surface area contributed by atoms with Crippen molar-refractivity contribution in [2.75, 3.05) is 31.1 Å². The van der Waals surface area contributed by atoms with Crippen LogP contribution in [0.25, 0.3) is 0 Å². The molecule has 1 aromatic carbocycles. The van der Waals surface area contributed by atoms with Crippen molar-refractivity contribution in [3.63, 3.8) is 0 Å². The predicted octanol–water partition coefficient (Wildman–Crippen LogP) is 3.35. The van der Waals surface area contributed by atoms with Gasteiger partial charge in [0.05, 0.1) is 12.2 Å². The number of rotatable bonds is 4.